The molecule has 2 heterocycles. The van der Waals surface area contributed by atoms with Crippen molar-refractivity contribution in [3.8, 4) is 0 Å². The fourth-order valence-electron chi connectivity index (χ4n) is 2.30. The summed E-state index contributed by atoms with van der Waals surface area (Å²) in [6, 6.07) is 10.8. The molecular weight excluding hydrogens is 228 g/mol. The van der Waals surface area contributed by atoms with Crippen LogP contribution >= 0.6 is 11.3 Å². The standard InChI is InChI=1S/C14H14N2S/c1-9-7-12(10(2)17-9)14-11-5-3-4-6-13(11)15-8-16-14/h3-8,14H,1-2H3,(H,15,16). The van der Waals surface area contributed by atoms with E-state index in [9.17, 15) is 0 Å². The summed E-state index contributed by atoms with van der Waals surface area (Å²) in [5, 5.41) is 3.20. The topological polar surface area (TPSA) is 24.4 Å². The summed E-state index contributed by atoms with van der Waals surface area (Å²) in [4.78, 5) is 7.30. The summed E-state index contributed by atoms with van der Waals surface area (Å²) in [6.07, 6.45) is 1.80. The summed E-state index contributed by atoms with van der Waals surface area (Å²) in [5.74, 6) is 0. The van der Waals surface area contributed by atoms with Crippen molar-refractivity contribution in [3.05, 3.63) is 51.2 Å². The van der Waals surface area contributed by atoms with Crippen molar-refractivity contribution >= 4 is 23.4 Å². The van der Waals surface area contributed by atoms with Crippen LogP contribution in [-0.2, 0) is 0 Å². The minimum absolute atomic E-state index is 0.150. The summed E-state index contributed by atoms with van der Waals surface area (Å²) in [7, 11) is 0. The normalized spacial score (nSPS) is 17.6. The first-order valence-corrected chi connectivity index (χ1v) is 6.51. The van der Waals surface area contributed by atoms with Gasteiger partial charge in [-0.25, -0.2) is 0 Å². The number of nitrogens with zero attached hydrogens (tertiary/aromatic N) is 1. The lowest BCUT2D eigenvalue weighted by Crippen LogP contribution is -2.11. The lowest BCUT2D eigenvalue weighted by Gasteiger charge is -2.21. The maximum Gasteiger partial charge on any atom is 0.105 e. The Morgan fingerprint density at radius 1 is 1.18 bits per heavy atom. The molecule has 0 bridgehead atoms. The summed E-state index contributed by atoms with van der Waals surface area (Å²) >= 11 is 1.84. The maximum absolute atomic E-state index is 4.59. The Hall–Kier alpha value is -1.61. The fraction of sp³-hybridized carbons (Fsp3) is 0.214. The van der Waals surface area contributed by atoms with E-state index in [1.54, 1.807) is 6.34 Å². The van der Waals surface area contributed by atoms with Crippen LogP contribution in [0.4, 0.5) is 5.69 Å². The van der Waals surface area contributed by atoms with Crippen LogP contribution in [0.2, 0.25) is 0 Å². The highest BCUT2D eigenvalue weighted by Crippen LogP contribution is 2.37. The number of hydrogen-bond donors (Lipinski definition) is 1. The number of benzene rings is 1. The third-order valence-electron chi connectivity index (χ3n) is 3.07. The van der Waals surface area contributed by atoms with Gasteiger partial charge in [-0.1, -0.05) is 18.2 Å². The van der Waals surface area contributed by atoms with Gasteiger partial charge >= 0.3 is 0 Å². The molecule has 1 N–H and O–H groups in total. The Morgan fingerprint density at radius 2 is 2.00 bits per heavy atom. The Balaban J connectivity index is 2.12. The summed E-state index contributed by atoms with van der Waals surface area (Å²) in [5.41, 5.74) is 3.75. The molecule has 1 aromatic heterocycles. The molecule has 0 fully saturated rings. The van der Waals surface area contributed by atoms with Gasteiger partial charge in [-0.05, 0) is 31.5 Å². The van der Waals surface area contributed by atoms with Crippen molar-refractivity contribution in [1.82, 2.24) is 0 Å². The third-order valence-corrected chi connectivity index (χ3v) is 4.05. The molecule has 1 aliphatic heterocycles. The average molecular weight is 242 g/mol. The van der Waals surface area contributed by atoms with Crippen molar-refractivity contribution in [2.75, 3.05) is 5.32 Å². The molecule has 17 heavy (non-hydrogen) atoms. The van der Waals surface area contributed by atoms with Crippen molar-refractivity contribution in [2.24, 2.45) is 4.99 Å². The van der Waals surface area contributed by atoms with Crippen LogP contribution < -0.4 is 5.32 Å². The molecule has 0 amide bonds. The Morgan fingerprint density at radius 3 is 2.76 bits per heavy atom. The zero-order valence-electron chi connectivity index (χ0n) is 9.90. The van der Waals surface area contributed by atoms with Crippen LogP contribution in [0.5, 0.6) is 0 Å². The molecule has 0 aliphatic carbocycles. The van der Waals surface area contributed by atoms with E-state index < -0.39 is 0 Å². The van der Waals surface area contributed by atoms with Gasteiger partial charge in [0.15, 0.2) is 0 Å². The van der Waals surface area contributed by atoms with Gasteiger partial charge in [0.05, 0.1) is 6.34 Å². The minimum atomic E-state index is 0.150. The lowest BCUT2D eigenvalue weighted by molar-refractivity contribution is 0.867. The molecule has 2 aromatic rings. The van der Waals surface area contributed by atoms with E-state index in [0.29, 0.717) is 0 Å². The van der Waals surface area contributed by atoms with E-state index in [2.05, 4.69) is 48.4 Å². The monoisotopic (exact) mass is 242 g/mol. The van der Waals surface area contributed by atoms with Crippen molar-refractivity contribution < 1.29 is 0 Å². The van der Waals surface area contributed by atoms with Gasteiger partial charge in [-0.3, -0.25) is 4.99 Å². The molecule has 1 unspecified atom stereocenters. The molecule has 2 nitrogen and oxygen atoms in total. The van der Waals surface area contributed by atoms with Gasteiger partial charge < -0.3 is 5.32 Å². The molecule has 0 saturated carbocycles. The first-order valence-electron chi connectivity index (χ1n) is 5.70. The number of fused-ring (bicyclic) bond motifs is 1. The summed E-state index contributed by atoms with van der Waals surface area (Å²) < 4.78 is 0. The number of thiophene rings is 1. The van der Waals surface area contributed by atoms with E-state index in [1.165, 1.54) is 20.9 Å². The molecule has 86 valence electrons. The first kappa shape index (κ1) is 10.5. The highest BCUT2D eigenvalue weighted by Gasteiger charge is 2.21. The first-order chi connectivity index (χ1) is 8.25. The van der Waals surface area contributed by atoms with Crippen LogP contribution in [-0.4, -0.2) is 6.34 Å². The SMILES string of the molecule is Cc1cc(C2N=CNc3ccccc32)c(C)s1. The molecule has 3 rings (SSSR count). The van der Waals surface area contributed by atoms with Crippen LogP contribution in [0, 0.1) is 13.8 Å². The van der Waals surface area contributed by atoms with Crippen LogP contribution in [0.1, 0.15) is 26.9 Å². The van der Waals surface area contributed by atoms with Crippen molar-refractivity contribution in [2.45, 2.75) is 19.9 Å². The number of para-hydroxylation sites is 1. The van der Waals surface area contributed by atoms with E-state index in [0.717, 1.165) is 5.69 Å². The predicted octanol–water partition coefficient (Wildman–Crippen LogP) is 3.91. The molecule has 0 radical (unpaired) electrons. The molecule has 3 heteroatoms. The molecular formula is C14H14N2S. The van der Waals surface area contributed by atoms with E-state index in [-0.39, 0.29) is 6.04 Å². The Labute approximate surface area is 105 Å². The fourth-order valence-corrected chi connectivity index (χ4v) is 3.26. The van der Waals surface area contributed by atoms with Gasteiger partial charge in [-0.15, -0.1) is 11.3 Å². The zero-order valence-corrected chi connectivity index (χ0v) is 10.7. The van der Waals surface area contributed by atoms with E-state index in [4.69, 9.17) is 0 Å². The Bertz CT molecular complexity index is 584. The number of aliphatic imine (C=N–C) groups is 1. The van der Waals surface area contributed by atoms with Gasteiger partial charge in [0.2, 0.25) is 0 Å². The average Bonchev–Trinajstić information content (AvgIpc) is 2.68. The summed E-state index contributed by atoms with van der Waals surface area (Å²) in [6.45, 7) is 4.32. The molecule has 1 aliphatic rings. The van der Waals surface area contributed by atoms with E-state index in [1.807, 2.05) is 17.4 Å². The van der Waals surface area contributed by atoms with Gasteiger partial charge in [0.25, 0.3) is 0 Å². The van der Waals surface area contributed by atoms with Crippen LogP contribution in [0.3, 0.4) is 0 Å². The third kappa shape index (κ3) is 1.76. The molecule has 1 aromatic carbocycles. The van der Waals surface area contributed by atoms with Crippen LogP contribution in [0.25, 0.3) is 0 Å². The highest BCUT2D eigenvalue weighted by molar-refractivity contribution is 7.12. The van der Waals surface area contributed by atoms with Gasteiger partial charge in [0, 0.05) is 21.0 Å². The number of aryl methyl sites for hydroxylation is 2. The molecule has 0 saturated heterocycles. The number of rotatable bonds is 1. The van der Waals surface area contributed by atoms with Crippen LogP contribution in [0.15, 0.2) is 35.3 Å². The number of nitrogens with one attached hydrogen (secondary N) is 1. The smallest absolute Gasteiger partial charge is 0.105 e. The van der Waals surface area contributed by atoms with Crippen molar-refractivity contribution in [1.29, 1.82) is 0 Å². The second kappa shape index (κ2) is 4.00. The quantitative estimate of drug-likeness (QED) is 0.805. The molecule has 0 spiro atoms. The number of hydrogen-bond acceptors (Lipinski definition) is 3. The minimum Gasteiger partial charge on any atom is -0.346 e. The predicted molar refractivity (Wildman–Crippen MR) is 74.2 cm³/mol. The second-order valence-corrected chi connectivity index (χ2v) is 5.74. The largest absolute Gasteiger partial charge is 0.346 e. The van der Waals surface area contributed by atoms with Gasteiger partial charge in [0.1, 0.15) is 6.04 Å². The lowest BCUT2D eigenvalue weighted by atomic mass is 9.97. The number of anilines is 1. The highest BCUT2D eigenvalue weighted by atomic mass is 32.1. The molecule has 1 atom stereocenters. The van der Waals surface area contributed by atoms with E-state index >= 15 is 0 Å². The second-order valence-electron chi connectivity index (χ2n) is 4.28. The zero-order chi connectivity index (χ0) is 11.8. The van der Waals surface area contributed by atoms with Crippen molar-refractivity contribution in [3.63, 3.8) is 0 Å². The van der Waals surface area contributed by atoms with Gasteiger partial charge in [-0.2, -0.15) is 0 Å². The maximum atomic E-state index is 4.59. The Kier molecular flexibility index (Phi) is 2.48.